The molecule has 2 rings (SSSR count). The van der Waals surface area contributed by atoms with Crippen molar-refractivity contribution >= 4 is 35.0 Å². The number of anilines is 1. The number of halogens is 2. The van der Waals surface area contributed by atoms with Gasteiger partial charge in [-0.1, -0.05) is 53.5 Å². The minimum atomic E-state index is -0.492. The first kappa shape index (κ1) is 20.2. The third-order valence-corrected chi connectivity index (χ3v) is 3.78. The first-order valence-electron chi connectivity index (χ1n) is 7.96. The molecule has 3 N–H and O–H groups in total. The maximum Gasteiger partial charge on any atom is 0.407 e. The van der Waals surface area contributed by atoms with Crippen molar-refractivity contribution in [1.29, 1.82) is 0 Å². The molecular weight excluding hydrogens is 379 g/mol. The van der Waals surface area contributed by atoms with E-state index in [1.165, 1.54) is 0 Å². The summed E-state index contributed by atoms with van der Waals surface area (Å²) in [5, 5.41) is 3.29. The Balaban J connectivity index is 1.53. The first-order valence-corrected chi connectivity index (χ1v) is 8.71. The number of carbonyl (C=O) groups excluding carboxylic acids is 1. The lowest BCUT2D eigenvalue weighted by molar-refractivity contribution is 0.0967. The zero-order valence-electron chi connectivity index (χ0n) is 14.0. The Hall–Kier alpha value is -2.15. The number of nitrogen functional groups attached to an aromatic ring is 1. The number of ether oxygens (including phenoxy) is 3. The third kappa shape index (κ3) is 7.00. The number of benzene rings is 2. The lowest BCUT2D eigenvalue weighted by Gasteiger charge is -2.11. The molecule has 2 aromatic carbocycles. The summed E-state index contributed by atoms with van der Waals surface area (Å²) in [7, 11) is 0. The molecular formula is C18H20Cl2N2O4. The molecule has 1 amide bonds. The maximum atomic E-state index is 11.5. The van der Waals surface area contributed by atoms with E-state index in [0.717, 1.165) is 5.56 Å². The molecule has 0 radical (unpaired) electrons. The van der Waals surface area contributed by atoms with Gasteiger partial charge >= 0.3 is 6.09 Å². The second-order valence-electron chi connectivity index (χ2n) is 5.26. The van der Waals surface area contributed by atoms with Crippen LogP contribution in [0.2, 0.25) is 10.0 Å². The van der Waals surface area contributed by atoms with Crippen molar-refractivity contribution in [3.05, 3.63) is 58.1 Å². The van der Waals surface area contributed by atoms with E-state index in [9.17, 15) is 4.79 Å². The van der Waals surface area contributed by atoms with Crippen LogP contribution >= 0.6 is 23.2 Å². The van der Waals surface area contributed by atoms with Gasteiger partial charge in [-0.2, -0.15) is 0 Å². The van der Waals surface area contributed by atoms with Gasteiger partial charge in [0.15, 0.2) is 5.75 Å². The highest BCUT2D eigenvalue weighted by Crippen LogP contribution is 2.34. The average molecular weight is 399 g/mol. The number of carbonyl (C=O) groups is 1. The lowest BCUT2D eigenvalue weighted by atomic mass is 10.2. The first-order chi connectivity index (χ1) is 12.6. The molecule has 0 atom stereocenters. The molecule has 6 nitrogen and oxygen atoms in total. The van der Waals surface area contributed by atoms with Crippen molar-refractivity contribution in [2.45, 2.75) is 6.61 Å². The van der Waals surface area contributed by atoms with Gasteiger partial charge in [-0.05, 0) is 17.7 Å². The summed E-state index contributed by atoms with van der Waals surface area (Å²) in [5.41, 5.74) is 7.02. The van der Waals surface area contributed by atoms with Gasteiger partial charge in [0.2, 0.25) is 0 Å². The van der Waals surface area contributed by atoms with Gasteiger partial charge in [-0.3, -0.25) is 0 Å². The summed E-state index contributed by atoms with van der Waals surface area (Å²) in [6, 6.07) is 12.6. The van der Waals surface area contributed by atoms with Gasteiger partial charge in [0, 0.05) is 12.2 Å². The van der Waals surface area contributed by atoms with E-state index in [4.69, 9.17) is 43.1 Å². The Labute approximate surface area is 162 Å². The van der Waals surface area contributed by atoms with Gasteiger partial charge < -0.3 is 25.3 Å². The zero-order chi connectivity index (χ0) is 18.8. The van der Waals surface area contributed by atoms with E-state index in [-0.39, 0.29) is 13.2 Å². The summed E-state index contributed by atoms with van der Waals surface area (Å²) in [4.78, 5) is 11.5. The number of nitrogens with two attached hydrogens (primary N) is 1. The topological polar surface area (TPSA) is 82.8 Å². The monoisotopic (exact) mass is 398 g/mol. The second-order valence-corrected chi connectivity index (χ2v) is 6.08. The normalized spacial score (nSPS) is 10.4. The van der Waals surface area contributed by atoms with Crippen molar-refractivity contribution in [3.63, 3.8) is 0 Å². The Bertz CT molecular complexity index is 691. The van der Waals surface area contributed by atoms with E-state index in [0.29, 0.717) is 41.2 Å². The molecule has 2 aromatic rings. The Morgan fingerprint density at radius 1 is 1.04 bits per heavy atom. The Kier molecular flexibility index (Phi) is 8.34. The van der Waals surface area contributed by atoms with E-state index in [1.807, 2.05) is 30.3 Å². The summed E-state index contributed by atoms with van der Waals surface area (Å²) >= 11 is 12.0. The van der Waals surface area contributed by atoms with Crippen molar-refractivity contribution in [3.8, 4) is 5.75 Å². The molecule has 0 heterocycles. The van der Waals surface area contributed by atoms with Crippen LogP contribution in [0.15, 0.2) is 42.5 Å². The highest BCUT2D eigenvalue weighted by Gasteiger charge is 2.08. The van der Waals surface area contributed by atoms with Crippen LogP contribution in [0, 0.1) is 0 Å². The van der Waals surface area contributed by atoms with Gasteiger partial charge in [0.05, 0.1) is 23.3 Å². The van der Waals surface area contributed by atoms with E-state index >= 15 is 0 Å². The molecule has 0 saturated heterocycles. The van der Waals surface area contributed by atoms with Gasteiger partial charge in [-0.25, -0.2) is 4.79 Å². The summed E-state index contributed by atoms with van der Waals surface area (Å²) < 4.78 is 15.9. The molecule has 140 valence electrons. The molecule has 0 aliphatic rings. The number of nitrogens with one attached hydrogen (secondary N) is 1. The van der Waals surface area contributed by atoms with Crippen LogP contribution in [0.5, 0.6) is 5.75 Å². The lowest BCUT2D eigenvalue weighted by Crippen LogP contribution is -2.28. The third-order valence-electron chi connectivity index (χ3n) is 3.22. The van der Waals surface area contributed by atoms with Crippen LogP contribution in [0.4, 0.5) is 10.5 Å². The number of rotatable bonds is 9. The Morgan fingerprint density at radius 2 is 1.73 bits per heavy atom. The molecule has 0 aliphatic carbocycles. The molecule has 0 saturated carbocycles. The van der Waals surface area contributed by atoms with Crippen LogP contribution in [-0.2, 0) is 16.1 Å². The fraction of sp³-hybridized carbons (Fsp3) is 0.278. The molecule has 0 unspecified atom stereocenters. The quantitative estimate of drug-likeness (QED) is 0.494. The minimum absolute atomic E-state index is 0.227. The molecule has 0 aromatic heterocycles. The molecule has 0 bridgehead atoms. The minimum Gasteiger partial charge on any atom is -0.488 e. The standard InChI is InChI=1S/C18H20Cl2N2O4/c19-15-10-14(21)11-16(20)17(15)25-9-8-24-7-6-22-18(23)26-12-13-4-2-1-3-5-13/h1-5,10-11H,6-9,12,21H2,(H,22,23). The summed E-state index contributed by atoms with van der Waals surface area (Å²) in [6.07, 6.45) is -0.492. The number of hydrogen-bond acceptors (Lipinski definition) is 5. The predicted molar refractivity (Wildman–Crippen MR) is 102 cm³/mol. The van der Waals surface area contributed by atoms with Crippen molar-refractivity contribution in [2.24, 2.45) is 0 Å². The summed E-state index contributed by atoms with van der Waals surface area (Å²) in [5.74, 6) is 0.369. The molecule has 0 aliphatic heterocycles. The smallest absolute Gasteiger partial charge is 0.407 e. The van der Waals surface area contributed by atoms with Crippen molar-refractivity contribution in [1.82, 2.24) is 5.32 Å². The van der Waals surface area contributed by atoms with Gasteiger partial charge in [0.1, 0.15) is 13.2 Å². The SMILES string of the molecule is Nc1cc(Cl)c(OCCOCCNC(=O)OCc2ccccc2)c(Cl)c1. The number of amides is 1. The number of alkyl carbamates (subject to hydrolysis) is 1. The van der Waals surface area contributed by atoms with Crippen LogP contribution in [0.25, 0.3) is 0 Å². The van der Waals surface area contributed by atoms with Crippen LogP contribution < -0.4 is 15.8 Å². The molecule has 0 spiro atoms. The maximum absolute atomic E-state index is 11.5. The molecule has 8 heteroatoms. The van der Waals surface area contributed by atoms with Crippen molar-refractivity contribution in [2.75, 3.05) is 32.1 Å². The fourth-order valence-corrected chi connectivity index (χ4v) is 2.63. The van der Waals surface area contributed by atoms with E-state index in [1.54, 1.807) is 12.1 Å². The van der Waals surface area contributed by atoms with E-state index in [2.05, 4.69) is 5.32 Å². The molecule has 26 heavy (non-hydrogen) atoms. The molecule has 0 fully saturated rings. The Morgan fingerprint density at radius 3 is 2.42 bits per heavy atom. The average Bonchev–Trinajstić information content (AvgIpc) is 2.61. The summed E-state index contributed by atoms with van der Waals surface area (Å²) in [6.45, 7) is 1.47. The van der Waals surface area contributed by atoms with Gasteiger partial charge in [-0.15, -0.1) is 0 Å². The zero-order valence-corrected chi connectivity index (χ0v) is 15.6. The largest absolute Gasteiger partial charge is 0.488 e. The van der Waals surface area contributed by atoms with Crippen LogP contribution in [-0.4, -0.2) is 32.5 Å². The highest BCUT2D eigenvalue weighted by molar-refractivity contribution is 6.37. The fourth-order valence-electron chi connectivity index (χ4n) is 2.02. The number of hydrogen-bond donors (Lipinski definition) is 2. The second kappa shape index (κ2) is 10.8. The van der Waals surface area contributed by atoms with Crippen molar-refractivity contribution < 1.29 is 19.0 Å². The van der Waals surface area contributed by atoms with Crippen LogP contribution in [0.3, 0.4) is 0 Å². The van der Waals surface area contributed by atoms with Crippen LogP contribution in [0.1, 0.15) is 5.56 Å². The van der Waals surface area contributed by atoms with Gasteiger partial charge in [0.25, 0.3) is 0 Å². The van der Waals surface area contributed by atoms with E-state index < -0.39 is 6.09 Å². The highest BCUT2D eigenvalue weighted by atomic mass is 35.5. The predicted octanol–water partition coefficient (Wildman–Crippen LogP) is 3.90.